The molecule has 3 aliphatic heterocycles. The number of thioether (sulfide) groups is 1. The molecule has 2 bridgehead atoms. The molecule has 3 heterocycles. The Morgan fingerprint density at radius 3 is 2.44 bits per heavy atom. The van der Waals surface area contributed by atoms with Gasteiger partial charge in [0.2, 0.25) is 0 Å². The predicted octanol–water partition coefficient (Wildman–Crippen LogP) is 6.82. The normalized spacial score (nSPS) is 21.4. The predicted molar refractivity (Wildman–Crippen MR) is 146 cm³/mol. The fourth-order valence-corrected chi connectivity index (χ4v) is 7.66. The first-order valence-electron chi connectivity index (χ1n) is 12.8. The van der Waals surface area contributed by atoms with Gasteiger partial charge in [0.05, 0.1) is 0 Å². The van der Waals surface area contributed by atoms with Crippen LogP contribution < -0.4 is 0 Å². The smallest absolute Gasteiger partial charge is 0.253 e. The lowest BCUT2D eigenvalue weighted by molar-refractivity contribution is 0.0772. The van der Waals surface area contributed by atoms with Gasteiger partial charge in [0, 0.05) is 40.5 Å². The van der Waals surface area contributed by atoms with Crippen molar-refractivity contribution in [2.75, 3.05) is 31.6 Å². The molecule has 2 aromatic rings. The van der Waals surface area contributed by atoms with Crippen molar-refractivity contribution in [3.8, 4) is 0 Å². The zero-order valence-corrected chi connectivity index (χ0v) is 22.3. The zero-order chi connectivity index (χ0) is 23.7. The molecule has 3 aliphatic rings. The standard InChI is InChI=1S/C29H36N2OS2/c1-4-30(5-2)29(32)20-11-14-25-27(19-20)34-26-10-7-6-9-24(26)28(25)21-17-22-12-13-23(18-21)31(22)15-8-16-33-3/h6-7,9-11,14,19,22-23H,4-5,8,12-13,15-18H2,1-3H3. The third-order valence-electron chi connectivity index (χ3n) is 7.78. The number of hydrogen-bond acceptors (Lipinski definition) is 4. The Bertz CT molecular complexity index is 1080. The lowest BCUT2D eigenvalue weighted by Crippen LogP contribution is -2.41. The molecule has 2 atom stereocenters. The third kappa shape index (κ3) is 4.47. The molecular weight excluding hydrogens is 456 g/mol. The van der Waals surface area contributed by atoms with Gasteiger partial charge in [0.1, 0.15) is 0 Å². The number of carbonyl (C=O) groups is 1. The fraction of sp³-hybridized carbons (Fsp3) is 0.483. The molecule has 0 spiro atoms. The van der Waals surface area contributed by atoms with E-state index in [1.807, 2.05) is 28.4 Å². The lowest BCUT2D eigenvalue weighted by atomic mass is 9.85. The van der Waals surface area contributed by atoms with E-state index < -0.39 is 0 Å². The molecule has 5 rings (SSSR count). The number of carbonyl (C=O) groups excluding carboxylic acids is 1. The molecule has 2 aromatic carbocycles. The van der Waals surface area contributed by atoms with Crippen molar-refractivity contribution in [3.05, 3.63) is 64.7 Å². The molecule has 0 aromatic heterocycles. The molecule has 0 saturated carbocycles. The van der Waals surface area contributed by atoms with Gasteiger partial charge in [-0.1, -0.05) is 41.6 Å². The van der Waals surface area contributed by atoms with Gasteiger partial charge in [0.25, 0.3) is 5.91 Å². The highest BCUT2D eigenvalue weighted by Crippen LogP contribution is 2.50. The van der Waals surface area contributed by atoms with E-state index in [9.17, 15) is 4.79 Å². The largest absolute Gasteiger partial charge is 0.339 e. The van der Waals surface area contributed by atoms with Crippen LogP contribution >= 0.6 is 23.5 Å². The van der Waals surface area contributed by atoms with Crippen LogP contribution in [0.2, 0.25) is 0 Å². The maximum absolute atomic E-state index is 13.1. The second-order valence-electron chi connectivity index (χ2n) is 9.64. The van der Waals surface area contributed by atoms with E-state index in [-0.39, 0.29) is 5.91 Å². The van der Waals surface area contributed by atoms with Crippen molar-refractivity contribution in [1.82, 2.24) is 9.80 Å². The Hall–Kier alpha value is -1.69. The van der Waals surface area contributed by atoms with Crippen molar-refractivity contribution in [2.45, 2.75) is 67.8 Å². The van der Waals surface area contributed by atoms with Crippen molar-refractivity contribution in [1.29, 1.82) is 0 Å². The lowest BCUT2D eigenvalue weighted by Gasteiger charge is -2.38. The zero-order valence-electron chi connectivity index (χ0n) is 20.7. The second-order valence-corrected chi connectivity index (χ2v) is 11.7. The highest BCUT2D eigenvalue weighted by atomic mass is 32.2. The number of benzene rings is 2. The Morgan fingerprint density at radius 1 is 1.03 bits per heavy atom. The molecule has 5 heteroatoms. The van der Waals surface area contributed by atoms with E-state index in [0.717, 1.165) is 18.7 Å². The first kappa shape index (κ1) is 24.0. The van der Waals surface area contributed by atoms with Crippen LogP contribution in [0.1, 0.15) is 67.4 Å². The van der Waals surface area contributed by atoms with Crippen LogP contribution in [0.15, 0.2) is 57.8 Å². The van der Waals surface area contributed by atoms with Gasteiger partial charge < -0.3 is 4.90 Å². The Kier molecular flexibility index (Phi) is 7.43. The van der Waals surface area contributed by atoms with Crippen LogP contribution in [0.3, 0.4) is 0 Å². The fourth-order valence-electron chi connectivity index (χ4n) is 6.11. The molecule has 2 saturated heterocycles. The van der Waals surface area contributed by atoms with Crippen molar-refractivity contribution in [2.24, 2.45) is 0 Å². The van der Waals surface area contributed by atoms with Crippen LogP contribution in [-0.2, 0) is 0 Å². The molecule has 180 valence electrons. The van der Waals surface area contributed by atoms with E-state index in [2.05, 4.69) is 67.5 Å². The molecular formula is C29H36N2OS2. The molecule has 0 N–H and O–H groups in total. The SMILES string of the molecule is CCN(CC)C(=O)c1ccc2c(c1)Sc1ccccc1C2=C1CC2CCC(C1)N2CCCSC. The van der Waals surface area contributed by atoms with Crippen molar-refractivity contribution < 1.29 is 4.79 Å². The number of fused-ring (bicyclic) bond motifs is 4. The van der Waals surface area contributed by atoms with Gasteiger partial charge in [-0.15, -0.1) is 0 Å². The van der Waals surface area contributed by atoms with E-state index in [4.69, 9.17) is 0 Å². The van der Waals surface area contributed by atoms with Gasteiger partial charge in [-0.3, -0.25) is 9.69 Å². The average molecular weight is 493 g/mol. The molecule has 0 radical (unpaired) electrons. The summed E-state index contributed by atoms with van der Waals surface area (Å²) in [5, 5.41) is 0. The average Bonchev–Trinajstić information content (AvgIpc) is 3.09. The number of amides is 1. The number of rotatable bonds is 7. The second kappa shape index (κ2) is 10.5. The maximum Gasteiger partial charge on any atom is 0.253 e. The van der Waals surface area contributed by atoms with Gasteiger partial charge >= 0.3 is 0 Å². The number of piperidine rings is 1. The van der Waals surface area contributed by atoms with E-state index in [1.54, 1.807) is 5.57 Å². The van der Waals surface area contributed by atoms with Crippen LogP contribution in [-0.4, -0.2) is 59.4 Å². The minimum atomic E-state index is 0.137. The van der Waals surface area contributed by atoms with Gasteiger partial charge in [-0.2, -0.15) is 11.8 Å². The monoisotopic (exact) mass is 492 g/mol. The van der Waals surface area contributed by atoms with Crippen LogP contribution in [0.25, 0.3) is 5.57 Å². The van der Waals surface area contributed by atoms with E-state index in [1.165, 1.54) is 70.9 Å². The van der Waals surface area contributed by atoms with Crippen LogP contribution in [0.4, 0.5) is 0 Å². The summed E-state index contributed by atoms with van der Waals surface area (Å²) in [4.78, 5) is 20.3. The van der Waals surface area contributed by atoms with Gasteiger partial charge in [0.15, 0.2) is 0 Å². The Morgan fingerprint density at radius 2 is 1.74 bits per heavy atom. The summed E-state index contributed by atoms with van der Waals surface area (Å²) in [6, 6.07) is 16.7. The summed E-state index contributed by atoms with van der Waals surface area (Å²) in [6.07, 6.45) is 8.55. The summed E-state index contributed by atoms with van der Waals surface area (Å²) in [7, 11) is 0. The number of hydrogen-bond donors (Lipinski definition) is 0. The molecule has 2 fully saturated rings. The Balaban J connectivity index is 1.52. The summed E-state index contributed by atoms with van der Waals surface area (Å²) < 4.78 is 0. The molecule has 1 amide bonds. The van der Waals surface area contributed by atoms with Crippen molar-refractivity contribution >= 4 is 35.0 Å². The maximum atomic E-state index is 13.1. The van der Waals surface area contributed by atoms with Gasteiger partial charge in [-0.05, 0) is 99.4 Å². The molecule has 0 aliphatic carbocycles. The first-order valence-corrected chi connectivity index (χ1v) is 15.0. The summed E-state index contributed by atoms with van der Waals surface area (Å²) in [6.45, 7) is 6.84. The van der Waals surface area contributed by atoms with Crippen LogP contribution in [0, 0.1) is 0 Å². The first-order chi connectivity index (χ1) is 16.6. The van der Waals surface area contributed by atoms with E-state index >= 15 is 0 Å². The van der Waals surface area contributed by atoms with Gasteiger partial charge in [-0.25, -0.2) is 0 Å². The Labute approximate surface area is 213 Å². The van der Waals surface area contributed by atoms with Crippen LogP contribution in [0.5, 0.6) is 0 Å². The molecule has 3 nitrogen and oxygen atoms in total. The number of nitrogens with zero attached hydrogens (tertiary/aromatic N) is 2. The quantitative estimate of drug-likeness (QED) is 0.338. The molecule has 2 unspecified atom stereocenters. The molecule has 34 heavy (non-hydrogen) atoms. The highest BCUT2D eigenvalue weighted by molar-refractivity contribution is 7.99. The minimum Gasteiger partial charge on any atom is -0.339 e. The topological polar surface area (TPSA) is 23.6 Å². The summed E-state index contributed by atoms with van der Waals surface area (Å²) >= 11 is 3.79. The van der Waals surface area contributed by atoms with E-state index in [0.29, 0.717) is 12.1 Å². The third-order valence-corrected chi connectivity index (χ3v) is 9.61. The highest BCUT2D eigenvalue weighted by Gasteiger charge is 2.39. The summed E-state index contributed by atoms with van der Waals surface area (Å²) in [5.41, 5.74) is 6.60. The minimum absolute atomic E-state index is 0.137. The van der Waals surface area contributed by atoms with Crippen molar-refractivity contribution in [3.63, 3.8) is 0 Å². The summed E-state index contributed by atoms with van der Waals surface area (Å²) in [5.74, 6) is 1.40.